The number of ether oxygens (including phenoxy) is 1. The molecule has 4 heteroatoms. The number of anilines is 1. The van der Waals surface area contributed by atoms with E-state index in [2.05, 4.69) is 23.0 Å². The molecule has 3 rings (SSSR count). The number of rotatable bonds is 4. The fraction of sp³-hybridized carbons (Fsp3) is 0.176. The highest BCUT2D eigenvalue weighted by molar-refractivity contribution is 5.82. The maximum absolute atomic E-state index is 5.77. The van der Waals surface area contributed by atoms with Crippen LogP contribution >= 0.6 is 0 Å². The second kappa shape index (κ2) is 5.79. The molecule has 2 aromatic heterocycles. The molecule has 0 bridgehead atoms. The number of nitrogen functional groups attached to an aromatic ring is 1. The minimum Gasteiger partial charge on any atom is -0.487 e. The van der Waals surface area contributed by atoms with Crippen LogP contribution < -0.4 is 10.5 Å². The van der Waals surface area contributed by atoms with Gasteiger partial charge in [0.1, 0.15) is 12.4 Å². The summed E-state index contributed by atoms with van der Waals surface area (Å²) in [7, 11) is 0. The van der Waals surface area contributed by atoms with Gasteiger partial charge >= 0.3 is 0 Å². The molecule has 0 atom stereocenters. The van der Waals surface area contributed by atoms with Crippen molar-refractivity contribution in [2.24, 2.45) is 0 Å². The summed E-state index contributed by atoms with van der Waals surface area (Å²) in [5, 5.41) is 1.01. The lowest BCUT2D eigenvalue weighted by Crippen LogP contribution is -1.99. The van der Waals surface area contributed by atoms with Gasteiger partial charge in [0, 0.05) is 17.6 Å². The van der Waals surface area contributed by atoms with E-state index < -0.39 is 0 Å². The minimum absolute atomic E-state index is 0.449. The fourth-order valence-electron chi connectivity index (χ4n) is 2.11. The monoisotopic (exact) mass is 279 g/mol. The Morgan fingerprint density at radius 1 is 1.05 bits per heavy atom. The summed E-state index contributed by atoms with van der Waals surface area (Å²) >= 11 is 0. The summed E-state index contributed by atoms with van der Waals surface area (Å²) in [5.74, 6) is 0.779. The maximum Gasteiger partial charge on any atom is 0.130 e. The molecule has 3 aromatic rings. The molecule has 4 nitrogen and oxygen atoms in total. The van der Waals surface area contributed by atoms with Crippen LogP contribution in [0.1, 0.15) is 18.2 Å². The zero-order valence-electron chi connectivity index (χ0n) is 11.9. The molecule has 0 spiro atoms. The Bertz CT molecular complexity index is 754. The number of pyridine rings is 2. The van der Waals surface area contributed by atoms with E-state index in [-0.39, 0.29) is 0 Å². The van der Waals surface area contributed by atoms with Crippen molar-refractivity contribution in [3.8, 4) is 5.75 Å². The molecule has 0 fully saturated rings. The van der Waals surface area contributed by atoms with Gasteiger partial charge in [0.05, 0.1) is 23.1 Å². The minimum atomic E-state index is 0.449. The molecule has 0 radical (unpaired) electrons. The smallest absolute Gasteiger partial charge is 0.130 e. The van der Waals surface area contributed by atoms with Gasteiger partial charge in [-0.2, -0.15) is 0 Å². The van der Waals surface area contributed by atoms with Gasteiger partial charge in [-0.3, -0.25) is 9.97 Å². The van der Waals surface area contributed by atoms with Crippen molar-refractivity contribution >= 4 is 16.6 Å². The van der Waals surface area contributed by atoms with E-state index in [0.717, 1.165) is 28.8 Å². The number of nitrogens with two attached hydrogens (primary N) is 1. The molecule has 2 N–H and O–H groups in total. The first-order chi connectivity index (χ1) is 10.2. The van der Waals surface area contributed by atoms with Gasteiger partial charge < -0.3 is 10.5 Å². The van der Waals surface area contributed by atoms with Crippen molar-refractivity contribution in [2.75, 3.05) is 5.73 Å². The first-order valence-electron chi connectivity index (χ1n) is 6.96. The van der Waals surface area contributed by atoms with Gasteiger partial charge in [0.2, 0.25) is 0 Å². The van der Waals surface area contributed by atoms with Crippen molar-refractivity contribution in [1.82, 2.24) is 9.97 Å². The molecule has 1 aromatic carbocycles. The van der Waals surface area contributed by atoms with Gasteiger partial charge in [-0.25, -0.2) is 0 Å². The molecular weight excluding hydrogens is 262 g/mol. The maximum atomic E-state index is 5.77. The zero-order chi connectivity index (χ0) is 14.7. The molecule has 0 saturated carbocycles. The fourth-order valence-corrected chi connectivity index (χ4v) is 2.11. The van der Waals surface area contributed by atoms with Crippen molar-refractivity contribution in [3.63, 3.8) is 0 Å². The third-order valence-electron chi connectivity index (χ3n) is 3.36. The molecule has 0 saturated heterocycles. The number of hydrogen-bond donors (Lipinski definition) is 1. The number of nitrogens with zero attached hydrogens (tertiary/aromatic N) is 2. The summed E-state index contributed by atoms with van der Waals surface area (Å²) in [4.78, 5) is 8.68. The quantitative estimate of drug-likeness (QED) is 0.795. The van der Waals surface area contributed by atoms with Crippen molar-refractivity contribution in [3.05, 3.63) is 60.0 Å². The third kappa shape index (κ3) is 3.11. The first-order valence-corrected chi connectivity index (χ1v) is 6.96. The summed E-state index contributed by atoms with van der Waals surface area (Å²) < 4.78 is 5.77. The highest BCUT2D eigenvalue weighted by atomic mass is 16.5. The molecular formula is C17H17N3O. The van der Waals surface area contributed by atoms with Crippen molar-refractivity contribution in [2.45, 2.75) is 20.0 Å². The van der Waals surface area contributed by atoms with Crippen LogP contribution in [0.2, 0.25) is 0 Å². The topological polar surface area (TPSA) is 61.0 Å². The lowest BCUT2D eigenvalue weighted by atomic mass is 10.2. The van der Waals surface area contributed by atoms with E-state index in [1.54, 1.807) is 6.20 Å². The number of aryl methyl sites for hydroxylation is 1. The lowest BCUT2D eigenvalue weighted by Gasteiger charge is -2.07. The van der Waals surface area contributed by atoms with E-state index in [4.69, 9.17) is 10.5 Å². The van der Waals surface area contributed by atoms with Gasteiger partial charge in [0.25, 0.3) is 0 Å². The molecule has 0 aliphatic carbocycles. The molecule has 106 valence electrons. The summed E-state index contributed by atoms with van der Waals surface area (Å²) in [6.07, 6.45) is 4.54. The first kappa shape index (κ1) is 13.4. The Morgan fingerprint density at radius 3 is 2.71 bits per heavy atom. The van der Waals surface area contributed by atoms with E-state index in [1.165, 1.54) is 5.56 Å². The highest BCUT2D eigenvalue weighted by Gasteiger charge is 2.01. The third-order valence-corrected chi connectivity index (χ3v) is 3.36. The number of fused-ring (bicyclic) bond motifs is 1. The molecule has 21 heavy (non-hydrogen) atoms. The summed E-state index contributed by atoms with van der Waals surface area (Å²) in [6.45, 7) is 2.56. The Balaban J connectivity index is 1.73. The van der Waals surface area contributed by atoms with E-state index >= 15 is 0 Å². The molecule has 0 amide bonds. The van der Waals surface area contributed by atoms with Gasteiger partial charge in [-0.1, -0.05) is 13.0 Å². The van der Waals surface area contributed by atoms with E-state index in [1.807, 2.05) is 36.5 Å². The van der Waals surface area contributed by atoms with Crippen LogP contribution in [-0.2, 0) is 13.0 Å². The molecule has 0 aliphatic heterocycles. The van der Waals surface area contributed by atoms with Crippen LogP contribution in [-0.4, -0.2) is 9.97 Å². The predicted octanol–water partition coefficient (Wildman–Crippen LogP) is 3.35. The predicted molar refractivity (Wildman–Crippen MR) is 84.1 cm³/mol. The second-order valence-corrected chi connectivity index (χ2v) is 4.92. The van der Waals surface area contributed by atoms with Crippen LogP contribution in [0.25, 0.3) is 10.9 Å². The summed E-state index contributed by atoms with van der Waals surface area (Å²) in [5.41, 5.74) is 9.40. The molecule has 0 unspecified atom stereocenters. The van der Waals surface area contributed by atoms with Crippen molar-refractivity contribution < 1.29 is 4.74 Å². The number of benzene rings is 1. The Morgan fingerprint density at radius 2 is 1.95 bits per heavy atom. The van der Waals surface area contributed by atoms with Crippen molar-refractivity contribution in [1.29, 1.82) is 0 Å². The zero-order valence-corrected chi connectivity index (χ0v) is 11.9. The van der Waals surface area contributed by atoms with Gasteiger partial charge in [0.15, 0.2) is 0 Å². The van der Waals surface area contributed by atoms with Crippen LogP contribution in [0.5, 0.6) is 5.75 Å². The van der Waals surface area contributed by atoms with Gasteiger partial charge in [-0.05, 0) is 36.2 Å². The second-order valence-electron chi connectivity index (χ2n) is 4.92. The standard InChI is InChI=1S/C17H17N3O/c1-2-12-3-5-15(19-9-12)11-21-16-6-4-13-7-14(18)10-20-17(13)8-16/h3-10H,2,11,18H2,1H3. The lowest BCUT2D eigenvalue weighted by molar-refractivity contribution is 0.301. The van der Waals surface area contributed by atoms with Crippen LogP contribution in [0.4, 0.5) is 5.69 Å². The average Bonchev–Trinajstić information content (AvgIpc) is 2.53. The van der Waals surface area contributed by atoms with Crippen LogP contribution in [0, 0.1) is 0 Å². The molecule has 0 aliphatic rings. The van der Waals surface area contributed by atoms with Crippen LogP contribution in [0.3, 0.4) is 0 Å². The van der Waals surface area contributed by atoms with Crippen LogP contribution in [0.15, 0.2) is 48.8 Å². The SMILES string of the molecule is CCc1ccc(COc2ccc3cc(N)cnc3c2)nc1. The molecule has 2 heterocycles. The summed E-state index contributed by atoms with van der Waals surface area (Å²) in [6, 6.07) is 11.8. The Labute approximate surface area is 123 Å². The average molecular weight is 279 g/mol. The number of hydrogen-bond acceptors (Lipinski definition) is 4. The van der Waals surface area contributed by atoms with E-state index in [0.29, 0.717) is 12.3 Å². The largest absolute Gasteiger partial charge is 0.487 e. The Hall–Kier alpha value is -2.62. The van der Waals surface area contributed by atoms with Gasteiger partial charge in [-0.15, -0.1) is 0 Å². The Kier molecular flexibility index (Phi) is 3.69. The number of aromatic nitrogens is 2. The highest BCUT2D eigenvalue weighted by Crippen LogP contribution is 2.21. The normalized spacial score (nSPS) is 10.7. The van der Waals surface area contributed by atoms with E-state index in [9.17, 15) is 0 Å².